The smallest absolute Gasteiger partial charge is 0.331 e. The van der Waals surface area contributed by atoms with Crippen molar-refractivity contribution >= 4 is 17.8 Å². The lowest BCUT2D eigenvalue weighted by atomic mass is 9.80. The van der Waals surface area contributed by atoms with Crippen molar-refractivity contribution in [2.24, 2.45) is 5.92 Å². The van der Waals surface area contributed by atoms with Gasteiger partial charge in [0, 0.05) is 12.6 Å². The van der Waals surface area contributed by atoms with Crippen LogP contribution in [0, 0.1) is 5.92 Å². The summed E-state index contributed by atoms with van der Waals surface area (Å²) in [6.07, 6.45) is 6.34. The van der Waals surface area contributed by atoms with Crippen LogP contribution in [-0.4, -0.2) is 72.0 Å². The Labute approximate surface area is 162 Å². The molecule has 0 aromatic heterocycles. The lowest BCUT2D eigenvalue weighted by Gasteiger charge is -2.41. The van der Waals surface area contributed by atoms with Crippen LogP contribution in [0.2, 0.25) is 0 Å². The average molecular weight is 382 g/mol. The van der Waals surface area contributed by atoms with Crippen molar-refractivity contribution in [1.82, 2.24) is 15.1 Å². The number of carboxylic acid groups (broad SMARTS) is 1. The summed E-state index contributed by atoms with van der Waals surface area (Å²) in [6.45, 7) is 5.29. The summed E-state index contributed by atoms with van der Waals surface area (Å²) < 4.78 is 0. The monoisotopic (exact) mass is 381 g/mol. The Morgan fingerprint density at radius 3 is 2.11 bits per heavy atom. The predicted octanol–water partition coefficient (Wildman–Crippen LogP) is 1.88. The third-order valence-corrected chi connectivity index (χ3v) is 5.64. The van der Waals surface area contributed by atoms with Gasteiger partial charge in [0.15, 0.2) is 0 Å². The van der Waals surface area contributed by atoms with Gasteiger partial charge in [-0.1, -0.05) is 39.2 Å². The van der Waals surface area contributed by atoms with Crippen LogP contribution in [-0.2, 0) is 14.4 Å². The number of aliphatic carboxylic acids is 1. The predicted molar refractivity (Wildman–Crippen MR) is 105 cm³/mol. The Morgan fingerprint density at radius 1 is 1.11 bits per heavy atom. The van der Waals surface area contributed by atoms with E-state index in [1.165, 1.54) is 11.8 Å². The zero-order valence-electron chi connectivity index (χ0n) is 17.5. The molecular weight excluding hydrogens is 346 g/mol. The Hall–Kier alpha value is -1.89. The molecule has 1 saturated carbocycles. The molecule has 0 aliphatic heterocycles. The summed E-state index contributed by atoms with van der Waals surface area (Å²) >= 11 is 0. The lowest BCUT2D eigenvalue weighted by Crippen LogP contribution is -2.58. The first-order valence-corrected chi connectivity index (χ1v) is 9.66. The van der Waals surface area contributed by atoms with Crippen molar-refractivity contribution in [3.05, 3.63) is 11.6 Å². The Morgan fingerprint density at radius 2 is 1.67 bits per heavy atom. The van der Waals surface area contributed by atoms with Gasteiger partial charge in [-0.15, -0.1) is 0 Å². The van der Waals surface area contributed by atoms with Crippen molar-refractivity contribution in [3.8, 4) is 0 Å². The molecule has 0 radical (unpaired) electrons. The van der Waals surface area contributed by atoms with E-state index in [0.717, 1.165) is 32.1 Å². The summed E-state index contributed by atoms with van der Waals surface area (Å²) in [7, 11) is 5.47. The largest absolute Gasteiger partial charge is 0.478 e. The molecule has 0 spiro atoms. The molecule has 154 valence electrons. The van der Waals surface area contributed by atoms with E-state index in [2.05, 4.69) is 5.32 Å². The molecule has 1 aliphatic carbocycles. The fraction of sp³-hybridized carbons (Fsp3) is 0.750. The second-order valence-electron chi connectivity index (χ2n) is 8.06. The minimum Gasteiger partial charge on any atom is -0.478 e. The molecule has 27 heavy (non-hydrogen) atoms. The summed E-state index contributed by atoms with van der Waals surface area (Å²) in [5.41, 5.74) is -0.347. The van der Waals surface area contributed by atoms with E-state index >= 15 is 0 Å². The SMILES string of the molecule is C/C(=C\[C@H](C(C)C)N(C)C(=O)CNC(=O)C1(N(C)C)CCCCC1)C(=O)O. The maximum absolute atomic E-state index is 12.8. The Bertz CT molecular complexity index is 578. The van der Waals surface area contributed by atoms with E-state index in [-0.39, 0.29) is 35.9 Å². The zero-order valence-corrected chi connectivity index (χ0v) is 17.5. The van der Waals surface area contributed by atoms with E-state index in [4.69, 9.17) is 5.11 Å². The molecular formula is C20H35N3O4. The van der Waals surface area contributed by atoms with Crippen molar-refractivity contribution in [3.63, 3.8) is 0 Å². The maximum atomic E-state index is 12.8. The number of nitrogens with zero attached hydrogens (tertiary/aromatic N) is 2. The maximum Gasteiger partial charge on any atom is 0.331 e. The third-order valence-electron chi connectivity index (χ3n) is 5.64. The summed E-state index contributed by atoms with van der Waals surface area (Å²) in [4.78, 5) is 40.1. The molecule has 0 aromatic rings. The molecule has 2 amide bonds. The van der Waals surface area contributed by atoms with E-state index in [9.17, 15) is 14.4 Å². The van der Waals surface area contributed by atoms with Gasteiger partial charge in [-0.2, -0.15) is 0 Å². The van der Waals surface area contributed by atoms with Gasteiger partial charge in [0.1, 0.15) is 0 Å². The highest BCUT2D eigenvalue weighted by Gasteiger charge is 2.41. The summed E-state index contributed by atoms with van der Waals surface area (Å²) in [5.74, 6) is -1.29. The molecule has 0 unspecified atom stereocenters. The molecule has 1 aliphatic rings. The molecule has 1 fully saturated rings. The fourth-order valence-electron chi connectivity index (χ4n) is 3.70. The summed E-state index contributed by atoms with van der Waals surface area (Å²) in [5, 5.41) is 11.9. The molecule has 7 nitrogen and oxygen atoms in total. The minimum absolute atomic E-state index is 0.0513. The highest BCUT2D eigenvalue weighted by atomic mass is 16.4. The van der Waals surface area contributed by atoms with Gasteiger partial charge in [-0.3, -0.25) is 14.5 Å². The first-order valence-electron chi connectivity index (χ1n) is 9.66. The van der Waals surface area contributed by atoms with E-state index < -0.39 is 11.5 Å². The van der Waals surface area contributed by atoms with Crippen molar-refractivity contribution in [2.75, 3.05) is 27.7 Å². The average Bonchev–Trinajstić information content (AvgIpc) is 2.62. The molecule has 7 heteroatoms. The lowest BCUT2D eigenvalue weighted by molar-refractivity contribution is -0.138. The van der Waals surface area contributed by atoms with Crippen LogP contribution in [0.4, 0.5) is 0 Å². The van der Waals surface area contributed by atoms with Crippen molar-refractivity contribution < 1.29 is 19.5 Å². The Balaban J connectivity index is 2.80. The summed E-state index contributed by atoms with van der Waals surface area (Å²) in [6, 6.07) is -0.344. The van der Waals surface area contributed by atoms with Crippen LogP contribution in [0.1, 0.15) is 52.9 Å². The number of hydrogen-bond donors (Lipinski definition) is 2. The second kappa shape index (κ2) is 9.88. The normalized spacial score (nSPS) is 18.3. The number of carbonyl (C=O) groups is 3. The number of rotatable bonds is 8. The van der Waals surface area contributed by atoms with E-state index in [0.29, 0.717) is 0 Å². The quantitative estimate of drug-likeness (QED) is 0.627. The van der Waals surface area contributed by atoms with Crippen molar-refractivity contribution in [1.29, 1.82) is 0 Å². The number of carbonyl (C=O) groups excluding carboxylic acids is 2. The number of amides is 2. The number of hydrogen-bond acceptors (Lipinski definition) is 4. The molecule has 1 rings (SSSR count). The first kappa shape index (κ1) is 23.1. The standard InChI is InChI=1S/C20H35N3O4/c1-14(2)16(12-15(3)18(25)26)23(6)17(24)13-21-19(27)20(22(4)5)10-8-7-9-11-20/h12,14,16H,7-11,13H2,1-6H3,(H,21,27)(H,25,26)/b15-12+/t16-/m1/s1. The van der Waals surface area contributed by atoms with Gasteiger partial charge in [0.25, 0.3) is 0 Å². The number of nitrogens with one attached hydrogen (secondary N) is 1. The van der Waals surface area contributed by atoms with Gasteiger partial charge in [-0.25, -0.2) is 4.79 Å². The minimum atomic E-state index is -1.000. The number of carboxylic acids is 1. The molecule has 2 N–H and O–H groups in total. The fourth-order valence-corrected chi connectivity index (χ4v) is 3.70. The van der Waals surface area contributed by atoms with Gasteiger partial charge in [-0.05, 0) is 39.8 Å². The second-order valence-corrected chi connectivity index (χ2v) is 8.06. The van der Waals surface area contributed by atoms with Gasteiger partial charge in [0.05, 0.1) is 18.1 Å². The van der Waals surface area contributed by atoms with Gasteiger partial charge < -0.3 is 15.3 Å². The highest BCUT2D eigenvalue weighted by Crippen LogP contribution is 2.32. The molecule has 0 bridgehead atoms. The van der Waals surface area contributed by atoms with Crippen LogP contribution in [0.3, 0.4) is 0 Å². The first-order chi connectivity index (χ1) is 12.5. The van der Waals surface area contributed by atoms with E-state index in [1.807, 2.05) is 32.8 Å². The van der Waals surface area contributed by atoms with Crippen LogP contribution >= 0.6 is 0 Å². The zero-order chi connectivity index (χ0) is 20.8. The van der Waals surface area contributed by atoms with E-state index in [1.54, 1.807) is 13.1 Å². The van der Waals surface area contributed by atoms with Gasteiger partial charge >= 0.3 is 5.97 Å². The number of likely N-dealkylation sites (N-methyl/N-ethyl adjacent to an activating group) is 2. The van der Waals surface area contributed by atoms with Crippen LogP contribution < -0.4 is 5.32 Å². The third kappa shape index (κ3) is 5.79. The van der Waals surface area contributed by atoms with Crippen LogP contribution in [0.5, 0.6) is 0 Å². The molecule has 1 atom stereocenters. The molecule has 0 heterocycles. The molecule has 0 saturated heterocycles. The molecule has 0 aromatic carbocycles. The van der Waals surface area contributed by atoms with Gasteiger partial charge in [0.2, 0.25) is 11.8 Å². The topological polar surface area (TPSA) is 90.0 Å². The Kier molecular flexibility index (Phi) is 8.47. The van der Waals surface area contributed by atoms with Crippen LogP contribution in [0.15, 0.2) is 11.6 Å². The van der Waals surface area contributed by atoms with Crippen LogP contribution in [0.25, 0.3) is 0 Å². The highest BCUT2D eigenvalue weighted by molar-refractivity contribution is 5.90. The van der Waals surface area contributed by atoms with Crippen molar-refractivity contribution in [2.45, 2.75) is 64.5 Å².